The topological polar surface area (TPSA) is 108 Å². The molecule has 25 heavy (non-hydrogen) atoms. The van der Waals surface area contributed by atoms with Gasteiger partial charge >= 0.3 is 15.5 Å². The molecule has 0 bridgehead atoms. The van der Waals surface area contributed by atoms with E-state index in [1.165, 1.54) is 11.5 Å². The molecule has 0 amide bonds. The lowest BCUT2D eigenvalue weighted by Crippen LogP contribution is -2.25. The Morgan fingerprint density at radius 1 is 1.32 bits per heavy atom. The van der Waals surface area contributed by atoms with Gasteiger partial charge < -0.3 is 4.90 Å². The third kappa shape index (κ3) is 6.46. The molecular weight excluding hydrogens is 366 g/mol. The first kappa shape index (κ1) is 19.4. The average molecular weight is 386 g/mol. The zero-order chi connectivity index (χ0) is 18.3. The molecule has 0 aliphatic heterocycles. The van der Waals surface area contributed by atoms with Crippen molar-refractivity contribution in [2.45, 2.75) is 13.3 Å². The van der Waals surface area contributed by atoms with Crippen molar-refractivity contribution >= 4 is 38.4 Å². The minimum absolute atomic E-state index is 0.0620. The fraction of sp³-hybridized carbons (Fsp3) is 0.429. The molecule has 1 heterocycles. The van der Waals surface area contributed by atoms with Crippen molar-refractivity contribution in [3.05, 3.63) is 30.6 Å². The zero-order valence-electron chi connectivity index (χ0n) is 13.9. The number of nitrogens with zero attached hydrogens (tertiary/aromatic N) is 5. The van der Waals surface area contributed by atoms with Gasteiger partial charge in [-0.05, 0) is 42.0 Å². The van der Waals surface area contributed by atoms with Crippen LogP contribution in [-0.4, -0.2) is 37.0 Å². The van der Waals surface area contributed by atoms with Gasteiger partial charge in [-0.1, -0.05) is 5.11 Å². The molecule has 1 aromatic carbocycles. The molecule has 11 heteroatoms. The van der Waals surface area contributed by atoms with Gasteiger partial charge in [-0.3, -0.25) is 4.55 Å². The lowest BCUT2D eigenvalue weighted by atomic mass is 10.2. The van der Waals surface area contributed by atoms with Crippen LogP contribution in [0.5, 0.6) is 0 Å². The standard InChI is InChI=1S/C14H19N5O4S2/c1-3-19(9-4-10-23-25(20,21)22)13-7-5-12(6-8-13)16-17-14-18(2)11-15-24-14/h5-8,11H,3-4,9-10H2,1-2H3/p+1. The van der Waals surface area contributed by atoms with Crippen molar-refractivity contribution in [1.29, 1.82) is 0 Å². The normalized spacial score (nSPS) is 12.0. The number of hydrogen-bond acceptors (Lipinski definition) is 8. The van der Waals surface area contributed by atoms with Gasteiger partial charge in [0.25, 0.3) is 0 Å². The first-order chi connectivity index (χ1) is 11.9. The van der Waals surface area contributed by atoms with E-state index in [-0.39, 0.29) is 6.61 Å². The first-order valence-electron chi connectivity index (χ1n) is 7.58. The number of hydrogen-bond donors (Lipinski definition) is 1. The summed E-state index contributed by atoms with van der Waals surface area (Å²) in [7, 11) is -2.52. The van der Waals surface area contributed by atoms with E-state index in [9.17, 15) is 8.42 Å². The maximum atomic E-state index is 10.5. The molecule has 1 N–H and O–H groups in total. The highest BCUT2D eigenvalue weighted by Gasteiger charge is 2.09. The summed E-state index contributed by atoms with van der Waals surface area (Å²) in [6.45, 7) is 3.29. The van der Waals surface area contributed by atoms with E-state index < -0.39 is 10.4 Å². The third-order valence-corrected chi connectivity index (χ3v) is 4.51. The summed E-state index contributed by atoms with van der Waals surface area (Å²) in [6.07, 6.45) is 2.14. The number of aryl methyl sites for hydroxylation is 1. The van der Waals surface area contributed by atoms with Gasteiger partial charge in [-0.2, -0.15) is 8.42 Å². The summed E-state index contributed by atoms with van der Waals surface area (Å²) < 4.78 is 39.7. The second kappa shape index (κ2) is 8.94. The van der Waals surface area contributed by atoms with E-state index in [0.717, 1.165) is 17.9 Å². The van der Waals surface area contributed by atoms with Crippen molar-refractivity contribution in [3.8, 4) is 0 Å². The fourth-order valence-electron chi connectivity index (χ4n) is 2.06. The molecule has 0 spiro atoms. The van der Waals surface area contributed by atoms with Crippen LogP contribution in [0.25, 0.3) is 0 Å². The molecule has 0 saturated carbocycles. The van der Waals surface area contributed by atoms with Crippen LogP contribution >= 0.6 is 11.5 Å². The first-order valence-corrected chi connectivity index (χ1v) is 9.72. The molecule has 0 unspecified atom stereocenters. The Kier molecular flexibility index (Phi) is 6.93. The maximum absolute atomic E-state index is 10.5. The smallest absolute Gasteiger partial charge is 0.372 e. The van der Waals surface area contributed by atoms with Gasteiger partial charge in [0.2, 0.25) is 6.33 Å². The number of aromatic nitrogens is 2. The van der Waals surface area contributed by atoms with Gasteiger partial charge in [0.1, 0.15) is 17.2 Å². The van der Waals surface area contributed by atoms with E-state index >= 15 is 0 Å². The summed E-state index contributed by atoms with van der Waals surface area (Å²) >= 11 is 1.27. The van der Waals surface area contributed by atoms with Crippen LogP contribution in [0.15, 0.2) is 40.8 Å². The molecule has 2 aromatic rings. The quantitative estimate of drug-likeness (QED) is 0.307. The van der Waals surface area contributed by atoms with Crippen LogP contribution in [0.1, 0.15) is 13.3 Å². The lowest BCUT2D eigenvalue weighted by Gasteiger charge is -2.22. The van der Waals surface area contributed by atoms with Gasteiger partial charge in [-0.15, -0.1) is 0 Å². The summed E-state index contributed by atoms with van der Waals surface area (Å²) in [6, 6.07) is 7.57. The van der Waals surface area contributed by atoms with Gasteiger partial charge in [-0.25, -0.2) is 8.75 Å². The molecule has 0 fully saturated rings. The second-order valence-electron chi connectivity index (χ2n) is 5.10. The monoisotopic (exact) mass is 386 g/mol. The molecular formula is C14H20N5O4S2+. The van der Waals surface area contributed by atoms with E-state index in [2.05, 4.69) is 23.7 Å². The average Bonchev–Trinajstić information content (AvgIpc) is 2.98. The Morgan fingerprint density at radius 3 is 2.60 bits per heavy atom. The van der Waals surface area contributed by atoms with Crippen molar-refractivity contribution in [1.82, 2.24) is 4.37 Å². The largest absolute Gasteiger partial charge is 0.397 e. The summed E-state index contributed by atoms with van der Waals surface area (Å²) in [5.41, 5.74) is 1.71. The molecule has 0 atom stereocenters. The highest BCUT2D eigenvalue weighted by molar-refractivity contribution is 7.80. The van der Waals surface area contributed by atoms with Crippen molar-refractivity contribution in [2.75, 3.05) is 24.6 Å². The zero-order valence-corrected chi connectivity index (χ0v) is 15.6. The lowest BCUT2D eigenvalue weighted by molar-refractivity contribution is -0.656. The summed E-state index contributed by atoms with van der Waals surface area (Å²) in [4.78, 5) is 2.07. The van der Waals surface area contributed by atoms with Crippen LogP contribution in [0.2, 0.25) is 0 Å². The predicted octanol–water partition coefficient (Wildman–Crippen LogP) is 2.42. The molecule has 2 rings (SSSR count). The number of rotatable bonds is 9. The Morgan fingerprint density at radius 2 is 2.04 bits per heavy atom. The van der Waals surface area contributed by atoms with Crippen LogP contribution in [0.3, 0.4) is 0 Å². The summed E-state index contributed by atoms with van der Waals surface area (Å²) in [5, 5.41) is 9.03. The fourth-order valence-corrected chi connectivity index (χ4v) is 2.93. The van der Waals surface area contributed by atoms with Crippen molar-refractivity contribution in [2.24, 2.45) is 17.3 Å². The molecule has 0 aliphatic rings. The maximum Gasteiger partial charge on any atom is 0.397 e. The van der Waals surface area contributed by atoms with E-state index in [1.54, 1.807) is 10.9 Å². The van der Waals surface area contributed by atoms with E-state index in [4.69, 9.17) is 4.55 Å². The van der Waals surface area contributed by atoms with Gasteiger partial charge in [0, 0.05) is 23.9 Å². The highest BCUT2D eigenvalue weighted by atomic mass is 32.3. The predicted molar refractivity (Wildman–Crippen MR) is 93.9 cm³/mol. The molecule has 9 nitrogen and oxygen atoms in total. The SMILES string of the molecule is CCN(CCCOS(=O)(=O)O)c1ccc(/N=N\c2snc[n+]2C)cc1. The van der Waals surface area contributed by atoms with Gasteiger partial charge in [0.05, 0.1) is 13.7 Å². The van der Waals surface area contributed by atoms with Gasteiger partial charge in [0.15, 0.2) is 0 Å². The molecule has 0 aliphatic carbocycles. The van der Waals surface area contributed by atoms with Crippen molar-refractivity contribution in [3.63, 3.8) is 0 Å². The Hall–Kier alpha value is -1.95. The Bertz CT molecular complexity index is 805. The molecule has 136 valence electrons. The molecule has 1 aromatic heterocycles. The minimum atomic E-state index is -4.37. The van der Waals surface area contributed by atoms with Crippen LogP contribution in [0.4, 0.5) is 16.5 Å². The number of anilines is 1. The molecule has 0 radical (unpaired) electrons. The third-order valence-electron chi connectivity index (χ3n) is 3.31. The highest BCUT2D eigenvalue weighted by Crippen LogP contribution is 2.22. The second-order valence-corrected chi connectivity index (χ2v) is 6.95. The Balaban J connectivity index is 1.92. The van der Waals surface area contributed by atoms with E-state index in [1.807, 2.05) is 38.2 Å². The minimum Gasteiger partial charge on any atom is -0.372 e. The van der Waals surface area contributed by atoms with Crippen molar-refractivity contribution < 1.29 is 21.7 Å². The number of azo groups is 1. The Labute approximate surface area is 150 Å². The van der Waals surface area contributed by atoms with Crippen LogP contribution < -0.4 is 9.47 Å². The number of benzene rings is 1. The van der Waals surface area contributed by atoms with Crippen LogP contribution in [0, 0.1) is 0 Å². The van der Waals surface area contributed by atoms with Crippen LogP contribution in [-0.2, 0) is 21.6 Å². The molecule has 0 saturated heterocycles. The summed E-state index contributed by atoms with van der Waals surface area (Å²) in [5.74, 6) is 0. The van der Waals surface area contributed by atoms with E-state index in [0.29, 0.717) is 18.1 Å².